The van der Waals surface area contributed by atoms with Gasteiger partial charge in [-0.05, 0) is 55.8 Å². The summed E-state index contributed by atoms with van der Waals surface area (Å²) in [7, 11) is 0. The highest BCUT2D eigenvalue weighted by atomic mass is 16.2. The highest BCUT2D eigenvalue weighted by molar-refractivity contribution is 5.74. The van der Waals surface area contributed by atoms with Crippen LogP contribution in [0.5, 0.6) is 0 Å². The van der Waals surface area contributed by atoms with E-state index in [1.807, 2.05) is 0 Å². The summed E-state index contributed by atoms with van der Waals surface area (Å²) < 4.78 is 0. The van der Waals surface area contributed by atoms with Gasteiger partial charge in [0.1, 0.15) is 0 Å². The Morgan fingerprint density at radius 3 is 2.41 bits per heavy atom. The fraction of sp³-hybridized carbons (Fsp3) is 0.947. The van der Waals surface area contributed by atoms with Gasteiger partial charge < -0.3 is 10.6 Å². The summed E-state index contributed by atoms with van der Waals surface area (Å²) >= 11 is 0. The summed E-state index contributed by atoms with van der Waals surface area (Å²) in [6, 6.07) is 0.509. The zero-order chi connectivity index (χ0) is 15.4. The van der Waals surface area contributed by atoms with Crippen molar-refractivity contribution >= 4 is 6.03 Å². The van der Waals surface area contributed by atoms with Gasteiger partial charge in [0.25, 0.3) is 0 Å². The van der Waals surface area contributed by atoms with Gasteiger partial charge in [0.2, 0.25) is 0 Å². The van der Waals surface area contributed by atoms with Crippen molar-refractivity contribution in [3.63, 3.8) is 0 Å². The Balaban J connectivity index is 1.38. The summed E-state index contributed by atoms with van der Waals surface area (Å²) in [6.45, 7) is 3.17. The first-order valence-corrected chi connectivity index (χ1v) is 9.80. The predicted molar refractivity (Wildman–Crippen MR) is 90.7 cm³/mol. The van der Waals surface area contributed by atoms with Crippen molar-refractivity contribution in [2.75, 3.05) is 6.54 Å². The third-order valence-corrected chi connectivity index (χ3v) is 6.45. The molecule has 0 aromatic heterocycles. The molecule has 0 aromatic rings. The maximum atomic E-state index is 12.2. The van der Waals surface area contributed by atoms with Gasteiger partial charge in [-0.25, -0.2) is 4.79 Å². The van der Waals surface area contributed by atoms with Crippen LogP contribution in [0.4, 0.5) is 4.79 Å². The van der Waals surface area contributed by atoms with Crippen LogP contribution in [-0.4, -0.2) is 18.6 Å². The maximum Gasteiger partial charge on any atom is 0.315 e. The molecule has 4 atom stereocenters. The van der Waals surface area contributed by atoms with Crippen LogP contribution in [0.2, 0.25) is 0 Å². The molecule has 2 N–H and O–H groups in total. The fourth-order valence-corrected chi connectivity index (χ4v) is 4.91. The van der Waals surface area contributed by atoms with E-state index in [-0.39, 0.29) is 6.03 Å². The molecule has 0 saturated heterocycles. The lowest BCUT2D eigenvalue weighted by Crippen LogP contribution is -2.46. The van der Waals surface area contributed by atoms with Crippen molar-refractivity contribution in [1.29, 1.82) is 0 Å². The number of urea groups is 1. The maximum absolute atomic E-state index is 12.2. The van der Waals surface area contributed by atoms with Crippen LogP contribution < -0.4 is 10.6 Å². The molecule has 0 aromatic carbocycles. The van der Waals surface area contributed by atoms with Gasteiger partial charge in [-0.15, -0.1) is 0 Å². The third kappa shape index (κ3) is 4.39. The number of hydrogen-bond donors (Lipinski definition) is 2. The minimum absolute atomic E-state index is 0.0851. The molecule has 2 unspecified atom stereocenters. The minimum atomic E-state index is 0.0851. The van der Waals surface area contributed by atoms with Gasteiger partial charge >= 0.3 is 6.03 Å². The molecule has 3 heteroatoms. The van der Waals surface area contributed by atoms with Gasteiger partial charge in [-0.2, -0.15) is 0 Å². The van der Waals surface area contributed by atoms with Gasteiger partial charge in [-0.3, -0.25) is 0 Å². The molecule has 126 valence electrons. The number of amides is 2. The Morgan fingerprint density at radius 1 is 0.909 bits per heavy atom. The van der Waals surface area contributed by atoms with Crippen LogP contribution in [0.15, 0.2) is 0 Å². The van der Waals surface area contributed by atoms with Gasteiger partial charge in [0, 0.05) is 12.6 Å². The van der Waals surface area contributed by atoms with Crippen molar-refractivity contribution in [3.05, 3.63) is 0 Å². The van der Waals surface area contributed by atoms with E-state index < -0.39 is 0 Å². The molecule has 0 heterocycles. The van der Waals surface area contributed by atoms with Crippen LogP contribution >= 0.6 is 0 Å². The van der Waals surface area contributed by atoms with Crippen LogP contribution in [0, 0.1) is 23.7 Å². The number of carbonyl (C=O) groups is 1. The Labute approximate surface area is 136 Å². The molecule has 2 amide bonds. The normalized spacial score (nSPS) is 35.9. The summed E-state index contributed by atoms with van der Waals surface area (Å²) in [6.07, 6.45) is 14.6. The number of rotatable bonds is 5. The van der Waals surface area contributed by atoms with Gasteiger partial charge in [0.15, 0.2) is 0 Å². The van der Waals surface area contributed by atoms with E-state index in [1.54, 1.807) is 0 Å². The first kappa shape index (κ1) is 16.1. The molecule has 3 fully saturated rings. The Morgan fingerprint density at radius 2 is 1.68 bits per heavy atom. The molecule has 0 spiro atoms. The van der Waals surface area contributed by atoms with E-state index in [0.717, 1.165) is 24.3 Å². The lowest BCUT2D eigenvalue weighted by molar-refractivity contribution is 0.203. The molecular weight excluding hydrogens is 272 g/mol. The topological polar surface area (TPSA) is 41.1 Å². The quantitative estimate of drug-likeness (QED) is 0.773. The summed E-state index contributed by atoms with van der Waals surface area (Å²) in [5, 5.41) is 6.43. The average Bonchev–Trinajstić information content (AvgIpc) is 3.38. The lowest BCUT2D eigenvalue weighted by atomic mass is 9.78. The second kappa shape index (κ2) is 7.70. The van der Waals surface area contributed by atoms with Crippen LogP contribution in [0.25, 0.3) is 0 Å². The smallest absolute Gasteiger partial charge is 0.315 e. The molecule has 3 nitrogen and oxygen atoms in total. The summed E-state index contributed by atoms with van der Waals surface area (Å²) in [5.41, 5.74) is 0. The molecule has 0 radical (unpaired) electrons. The van der Waals surface area contributed by atoms with E-state index in [1.165, 1.54) is 70.6 Å². The molecular formula is C19H34N2O. The number of hydrogen-bond acceptors (Lipinski definition) is 1. The summed E-state index contributed by atoms with van der Waals surface area (Å²) in [4.78, 5) is 12.2. The fourth-order valence-electron chi connectivity index (χ4n) is 4.91. The van der Waals surface area contributed by atoms with Crippen molar-refractivity contribution in [3.8, 4) is 0 Å². The van der Waals surface area contributed by atoms with Gasteiger partial charge in [-0.1, -0.05) is 45.4 Å². The molecule has 3 saturated carbocycles. The molecule has 3 aliphatic rings. The van der Waals surface area contributed by atoms with E-state index in [9.17, 15) is 4.79 Å². The van der Waals surface area contributed by atoms with Crippen molar-refractivity contribution < 1.29 is 4.79 Å². The highest BCUT2D eigenvalue weighted by Crippen LogP contribution is 2.43. The van der Waals surface area contributed by atoms with Crippen LogP contribution in [0.3, 0.4) is 0 Å². The Hall–Kier alpha value is -0.730. The Kier molecular flexibility index (Phi) is 5.65. The molecule has 0 bridgehead atoms. The lowest BCUT2D eigenvalue weighted by Gasteiger charge is -2.32. The zero-order valence-electron chi connectivity index (χ0n) is 14.3. The molecule has 3 rings (SSSR count). The second-order valence-electron chi connectivity index (χ2n) is 8.03. The largest absolute Gasteiger partial charge is 0.338 e. The second-order valence-corrected chi connectivity index (χ2v) is 8.03. The first-order chi connectivity index (χ1) is 10.8. The monoisotopic (exact) mass is 306 g/mol. The van der Waals surface area contributed by atoms with Crippen molar-refractivity contribution in [1.82, 2.24) is 10.6 Å². The summed E-state index contributed by atoms with van der Waals surface area (Å²) in [5.74, 6) is 3.40. The van der Waals surface area contributed by atoms with Crippen LogP contribution in [0.1, 0.15) is 77.6 Å². The standard InChI is InChI=1S/C19H34N2O/c1-2-14-6-3-4-7-17(14)13-20-19(22)21-18-9-5-8-16(12-18)15-10-11-15/h14-18H,2-13H2,1H3,(H2,20,21,22)/t14?,16-,17?,18+/m0/s1. The van der Waals surface area contributed by atoms with E-state index in [2.05, 4.69) is 17.6 Å². The molecule has 22 heavy (non-hydrogen) atoms. The zero-order valence-corrected chi connectivity index (χ0v) is 14.3. The SMILES string of the molecule is CCC1CCCCC1CNC(=O)N[C@@H]1CCC[C@H](C2CC2)C1. The third-order valence-electron chi connectivity index (χ3n) is 6.45. The minimum Gasteiger partial charge on any atom is -0.338 e. The Bertz CT molecular complexity index is 366. The highest BCUT2D eigenvalue weighted by Gasteiger charge is 2.35. The number of carbonyl (C=O) groups excluding carboxylic acids is 1. The van der Waals surface area contributed by atoms with Crippen molar-refractivity contribution in [2.24, 2.45) is 23.7 Å². The van der Waals surface area contributed by atoms with E-state index >= 15 is 0 Å². The molecule has 3 aliphatic carbocycles. The van der Waals surface area contributed by atoms with E-state index in [0.29, 0.717) is 12.0 Å². The predicted octanol–water partition coefficient (Wildman–Crippen LogP) is 4.47. The number of nitrogens with one attached hydrogen (secondary N) is 2. The average molecular weight is 306 g/mol. The van der Waals surface area contributed by atoms with Crippen molar-refractivity contribution in [2.45, 2.75) is 83.6 Å². The van der Waals surface area contributed by atoms with Gasteiger partial charge in [0.05, 0.1) is 0 Å². The molecule has 0 aliphatic heterocycles. The van der Waals surface area contributed by atoms with Crippen LogP contribution in [-0.2, 0) is 0 Å². The van der Waals surface area contributed by atoms with E-state index in [4.69, 9.17) is 0 Å². The first-order valence-electron chi connectivity index (χ1n) is 9.80.